The van der Waals surface area contributed by atoms with E-state index < -0.39 is 6.09 Å². The van der Waals surface area contributed by atoms with Gasteiger partial charge in [-0.1, -0.05) is 6.07 Å². The van der Waals surface area contributed by atoms with E-state index in [9.17, 15) is 9.18 Å². The van der Waals surface area contributed by atoms with Crippen LogP contribution in [0.5, 0.6) is 0 Å². The van der Waals surface area contributed by atoms with E-state index in [1.165, 1.54) is 11.0 Å². The zero-order chi connectivity index (χ0) is 14.8. The fourth-order valence-electron chi connectivity index (χ4n) is 2.66. The average molecular weight is 295 g/mol. The number of rotatable bonds is 3. The number of ether oxygens (including phenoxy) is 2. The number of hydrogen-bond donors (Lipinski definition) is 1. The second-order valence-electron chi connectivity index (χ2n) is 5.06. The predicted molar refractivity (Wildman–Crippen MR) is 76.1 cm³/mol. The van der Waals surface area contributed by atoms with Gasteiger partial charge in [-0.3, -0.25) is 4.90 Å². The maximum absolute atomic E-state index is 14.3. The SMILES string of the molecule is NC[C@H]1CN(c2cccc(F)c2N2CCOCC2)C(=O)O1. The molecule has 0 saturated carbocycles. The monoisotopic (exact) mass is 295 g/mol. The van der Waals surface area contributed by atoms with Crippen LogP contribution < -0.4 is 15.5 Å². The minimum Gasteiger partial charge on any atom is -0.443 e. The molecule has 114 valence electrons. The van der Waals surface area contributed by atoms with Gasteiger partial charge in [-0.2, -0.15) is 0 Å². The minimum absolute atomic E-state index is 0.254. The number of amides is 1. The van der Waals surface area contributed by atoms with E-state index >= 15 is 0 Å². The third-order valence-electron chi connectivity index (χ3n) is 3.72. The van der Waals surface area contributed by atoms with E-state index in [0.29, 0.717) is 44.2 Å². The van der Waals surface area contributed by atoms with Crippen molar-refractivity contribution < 1.29 is 18.7 Å². The molecule has 1 aromatic rings. The van der Waals surface area contributed by atoms with Crippen LogP contribution in [0.15, 0.2) is 18.2 Å². The van der Waals surface area contributed by atoms with Crippen molar-refractivity contribution in [3.63, 3.8) is 0 Å². The Bertz CT molecular complexity index is 534. The van der Waals surface area contributed by atoms with Crippen LogP contribution in [0.3, 0.4) is 0 Å². The Labute approximate surface area is 122 Å². The number of para-hydroxylation sites is 1. The number of nitrogens with zero attached hydrogens (tertiary/aromatic N) is 2. The molecular formula is C14H18FN3O3. The van der Waals surface area contributed by atoms with Gasteiger partial charge in [0.15, 0.2) is 0 Å². The Kier molecular flexibility index (Phi) is 3.94. The van der Waals surface area contributed by atoms with Crippen LogP contribution in [-0.2, 0) is 9.47 Å². The van der Waals surface area contributed by atoms with Crippen molar-refractivity contribution in [3.05, 3.63) is 24.0 Å². The first-order valence-corrected chi connectivity index (χ1v) is 7.00. The summed E-state index contributed by atoms with van der Waals surface area (Å²) < 4.78 is 24.8. The number of carbonyl (C=O) groups excluding carboxylic acids is 1. The Morgan fingerprint density at radius 3 is 2.76 bits per heavy atom. The molecule has 0 spiro atoms. The molecule has 2 aliphatic heterocycles. The minimum atomic E-state index is -0.481. The van der Waals surface area contributed by atoms with Gasteiger partial charge in [0.05, 0.1) is 31.1 Å². The third-order valence-corrected chi connectivity index (χ3v) is 3.72. The molecule has 2 saturated heterocycles. The lowest BCUT2D eigenvalue weighted by molar-refractivity contribution is 0.122. The quantitative estimate of drug-likeness (QED) is 0.899. The Hall–Kier alpha value is -1.86. The summed E-state index contributed by atoms with van der Waals surface area (Å²) in [5.74, 6) is -0.349. The van der Waals surface area contributed by atoms with Gasteiger partial charge in [0.2, 0.25) is 0 Å². The zero-order valence-corrected chi connectivity index (χ0v) is 11.6. The molecule has 0 aromatic heterocycles. The summed E-state index contributed by atoms with van der Waals surface area (Å²) in [4.78, 5) is 15.3. The molecule has 6 nitrogen and oxygen atoms in total. The summed E-state index contributed by atoms with van der Waals surface area (Å²) in [5.41, 5.74) is 6.49. The van der Waals surface area contributed by atoms with Gasteiger partial charge in [0.25, 0.3) is 0 Å². The van der Waals surface area contributed by atoms with Gasteiger partial charge in [0.1, 0.15) is 11.9 Å². The molecule has 2 aliphatic rings. The predicted octanol–water partition coefficient (Wildman–Crippen LogP) is 0.946. The van der Waals surface area contributed by atoms with Crippen molar-refractivity contribution in [1.82, 2.24) is 0 Å². The number of nitrogens with two attached hydrogens (primary N) is 1. The fraction of sp³-hybridized carbons (Fsp3) is 0.500. The Morgan fingerprint density at radius 1 is 1.33 bits per heavy atom. The van der Waals surface area contributed by atoms with Gasteiger partial charge in [0, 0.05) is 19.6 Å². The van der Waals surface area contributed by atoms with Crippen LogP contribution >= 0.6 is 0 Å². The smallest absolute Gasteiger partial charge is 0.414 e. The highest BCUT2D eigenvalue weighted by Crippen LogP contribution is 2.35. The highest BCUT2D eigenvalue weighted by atomic mass is 19.1. The standard InChI is InChI=1S/C14H18FN3O3/c15-11-2-1-3-12(13(11)17-4-6-20-7-5-17)18-9-10(8-16)21-14(18)19/h1-3,10H,4-9,16H2/t10-/m0/s1. The van der Waals surface area contributed by atoms with Crippen molar-refractivity contribution in [2.24, 2.45) is 5.73 Å². The van der Waals surface area contributed by atoms with Crippen LogP contribution in [0.4, 0.5) is 20.6 Å². The molecule has 1 atom stereocenters. The first kappa shape index (κ1) is 14.1. The third kappa shape index (κ3) is 2.66. The van der Waals surface area contributed by atoms with E-state index in [4.69, 9.17) is 15.2 Å². The maximum Gasteiger partial charge on any atom is 0.414 e. The van der Waals surface area contributed by atoms with Gasteiger partial charge < -0.3 is 20.1 Å². The largest absolute Gasteiger partial charge is 0.443 e. The molecule has 1 aromatic carbocycles. The van der Waals surface area contributed by atoms with E-state index in [-0.39, 0.29) is 18.5 Å². The summed E-state index contributed by atoms with van der Waals surface area (Å²) >= 11 is 0. The first-order valence-electron chi connectivity index (χ1n) is 7.00. The molecule has 0 unspecified atom stereocenters. The topological polar surface area (TPSA) is 68.0 Å². The lowest BCUT2D eigenvalue weighted by Crippen LogP contribution is -2.38. The number of carbonyl (C=O) groups is 1. The lowest BCUT2D eigenvalue weighted by atomic mass is 10.2. The van der Waals surface area contributed by atoms with Gasteiger partial charge in [-0.15, -0.1) is 0 Å². The zero-order valence-electron chi connectivity index (χ0n) is 11.6. The molecule has 0 aliphatic carbocycles. The second-order valence-corrected chi connectivity index (χ2v) is 5.06. The van der Waals surface area contributed by atoms with Crippen LogP contribution in [-0.4, -0.2) is 51.6 Å². The summed E-state index contributed by atoms with van der Waals surface area (Å²) in [7, 11) is 0. The van der Waals surface area contributed by atoms with Gasteiger partial charge in [-0.25, -0.2) is 9.18 Å². The second kappa shape index (κ2) is 5.87. The summed E-state index contributed by atoms with van der Waals surface area (Å²) in [6.07, 6.45) is -0.830. The molecule has 2 fully saturated rings. The number of morpholine rings is 1. The van der Waals surface area contributed by atoms with E-state index in [0.717, 1.165) is 0 Å². The molecule has 2 heterocycles. The summed E-state index contributed by atoms with van der Waals surface area (Å²) in [6.45, 7) is 2.88. The van der Waals surface area contributed by atoms with Gasteiger partial charge >= 0.3 is 6.09 Å². The molecule has 21 heavy (non-hydrogen) atoms. The first-order chi connectivity index (χ1) is 10.2. The summed E-state index contributed by atoms with van der Waals surface area (Å²) in [5, 5.41) is 0. The van der Waals surface area contributed by atoms with E-state index in [2.05, 4.69) is 0 Å². The fourth-order valence-corrected chi connectivity index (χ4v) is 2.66. The Morgan fingerprint density at radius 2 is 2.10 bits per heavy atom. The summed E-state index contributed by atoms with van der Waals surface area (Å²) in [6, 6.07) is 4.72. The van der Waals surface area contributed by atoms with E-state index in [1.54, 1.807) is 12.1 Å². The van der Waals surface area contributed by atoms with Crippen molar-refractivity contribution >= 4 is 17.5 Å². The van der Waals surface area contributed by atoms with Crippen LogP contribution in [0.1, 0.15) is 0 Å². The molecule has 0 radical (unpaired) electrons. The van der Waals surface area contributed by atoms with Gasteiger partial charge in [-0.05, 0) is 12.1 Å². The lowest BCUT2D eigenvalue weighted by Gasteiger charge is -2.32. The van der Waals surface area contributed by atoms with Crippen LogP contribution in [0.2, 0.25) is 0 Å². The Balaban J connectivity index is 1.95. The maximum atomic E-state index is 14.3. The van der Waals surface area contributed by atoms with Crippen molar-refractivity contribution in [3.8, 4) is 0 Å². The highest BCUT2D eigenvalue weighted by molar-refractivity contribution is 5.94. The van der Waals surface area contributed by atoms with Crippen LogP contribution in [0.25, 0.3) is 0 Å². The number of cyclic esters (lactones) is 1. The molecular weight excluding hydrogens is 277 g/mol. The molecule has 2 N–H and O–H groups in total. The van der Waals surface area contributed by atoms with Crippen LogP contribution in [0, 0.1) is 5.82 Å². The molecule has 7 heteroatoms. The van der Waals surface area contributed by atoms with Crippen molar-refractivity contribution in [2.75, 3.05) is 49.2 Å². The average Bonchev–Trinajstić information content (AvgIpc) is 2.89. The molecule has 3 rings (SSSR count). The van der Waals surface area contributed by atoms with Crippen molar-refractivity contribution in [2.45, 2.75) is 6.10 Å². The normalized spacial score (nSPS) is 22.6. The number of halogens is 1. The number of benzene rings is 1. The highest BCUT2D eigenvalue weighted by Gasteiger charge is 2.34. The van der Waals surface area contributed by atoms with E-state index in [1.807, 2.05) is 4.90 Å². The number of anilines is 2. The number of hydrogen-bond acceptors (Lipinski definition) is 5. The van der Waals surface area contributed by atoms with Crippen molar-refractivity contribution in [1.29, 1.82) is 0 Å². The molecule has 1 amide bonds. The molecule has 0 bridgehead atoms.